The van der Waals surface area contributed by atoms with Gasteiger partial charge in [-0.25, -0.2) is 0 Å². The number of fused-ring (bicyclic) bond motifs is 1. The summed E-state index contributed by atoms with van der Waals surface area (Å²) in [6.07, 6.45) is 0. The second kappa shape index (κ2) is 5.13. The number of aromatic nitrogens is 1. The number of anilines is 1. The van der Waals surface area contributed by atoms with E-state index in [0.29, 0.717) is 16.5 Å². The van der Waals surface area contributed by atoms with Crippen molar-refractivity contribution in [3.8, 4) is 5.75 Å². The Hall–Kier alpha value is -3.08. The van der Waals surface area contributed by atoms with Gasteiger partial charge in [-0.15, -0.1) is 0 Å². The molecule has 0 bridgehead atoms. The van der Waals surface area contributed by atoms with Crippen molar-refractivity contribution < 1.29 is 9.90 Å². The third kappa shape index (κ3) is 2.62. The number of rotatable bonds is 2. The molecule has 0 fully saturated rings. The molecule has 2 aromatic carbocycles. The van der Waals surface area contributed by atoms with E-state index in [1.54, 1.807) is 42.5 Å². The van der Waals surface area contributed by atoms with E-state index in [2.05, 4.69) is 10.3 Å². The number of pyridine rings is 1. The maximum atomic E-state index is 12.2. The summed E-state index contributed by atoms with van der Waals surface area (Å²) < 4.78 is 0. The SMILES string of the molecule is O=C(Nc1cccc(O)c1)c1cc2ccccc2c(=O)[nH]1. The first-order valence-electron chi connectivity index (χ1n) is 6.36. The molecule has 0 unspecified atom stereocenters. The molecule has 5 nitrogen and oxygen atoms in total. The largest absolute Gasteiger partial charge is 0.508 e. The molecule has 21 heavy (non-hydrogen) atoms. The molecule has 1 heterocycles. The van der Waals surface area contributed by atoms with Crippen molar-refractivity contribution >= 4 is 22.4 Å². The minimum Gasteiger partial charge on any atom is -0.508 e. The highest BCUT2D eigenvalue weighted by atomic mass is 16.3. The van der Waals surface area contributed by atoms with E-state index < -0.39 is 5.91 Å². The molecule has 0 atom stereocenters. The molecular weight excluding hydrogens is 268 g/mol. The fourth-order valence-electron chi connectivity index (χ4n) is 2.12. The first-order valence-corrected chi connectivity index (χ1v) is 6.36. The number of aromatic amines is 1. The normalized spacial score (nSPS) is 10.5. The quantitative estimate of drug-likeness (QED) is 0.674. The van der Waals surface area contributed by atoms with Crippen LogP contribution in [0.4, 0.5) is 5.69 Å². The Kier molecular flexibility index (Phi) is 3.16. The number of nitrogens with one attached hydrogen (secondary N) is 2. The standard InChI is InChI=1S/C16H12N2O3/c19-12-6-3-5-11(9-12)17-16(21)14-8-10-4-1-2-7-13(10)15(20)18-14/h1-9,19H,(H,17,21)(H,18,20). The fraction of sp³-hybridized carbons (Fsp3) is 0. The van der Waals surface area contributed by atoms with E-state index in [4.69, 9.17) is 0 Å². The van der Waals surface area contributed by atoms with Gasteiger partial charge in [0.2, 0.25) is 0 Å². The highest BCUT2D eigenvalue weighted by Gasteiger charge is 2.09. The summed E-state index contributed by atoms with van der Waals surface area (Å²) in [4.78, 5) is 26.6. The molecule has 0 spiro atoms. The van der Waals surface area contributed by atoms with Gasteiger partial charge in [-0.2, -0.15) is 0 Å². The van der Waals surface area contributed by atoms with Gasteiger partial charge in [-0.3, -0.25) is 9.59 Å². The first kappa shape index (κ1) is 12.9. The van der Waals surface area contributed by atoms with Crippen molar-refractivity contribution in [3.05, 3.63) is 70.6 Å². The van der Waals surface area contributed by atoms with Gasteiger partial charge in [0.05, 0.1) is 0 Å². The summed E-state index contributed by atoms with van der Waals surface area (Å²) in [6, 6.07) is 14.9. The van der Waals surface area contributed by atoms with Crippen LogP contribution in [0.2, 0.25) is 0 Å². The van der Waals surface area contributed by atoms with Crippen LogP contribution in [0, 0.1) is 0 Å². The lowest BCUT2D eigenvalue weighted by atomic mass is 10.1. The van der Waals surface area contributed by atoms with Gasteiger partial charge in [-0.1, -0.05) is 24.3 Å². The van der Waals surface area contributed by atoms with Crippen LogP contribution in [0.25, 0.3) is 10.8 Å². The topological polar surface area (TPSA) is 82.2 Å². The van der Waals surface area contributed by atoms with Crippen molar-refractivity contribution in [1.29, 1.82) is 0 Å². The number of carbonyl (C=O) groups is 1. The third-order valence-corrected chi connectivity index (χ3v) is 3.10. The molecule has 0 aliphatic carbocycles. The maximum Gasteiger partial charge on any atom is 0.272 e. The van der Waals surface area contributed by atoms with E-state index in [-0.39, 0.29) is 17.0 Å². The Morgan fingerprint density at radius 2 is 1.86 bits per heavy atom. The molecule has 0 aliphatic rings. The molecule has 3 rings (SSSR count). The number of hydrogen-bond donors (Lipinski definition) is 3. The number of benzene rings is 2. The number of H-pyrrole nitrogens is 1. The number of aromatic hydroxyl groups is 1. The van der Waals surface area contributed by atoms with E-state index in [1.807, 2.05) is 0 Å². The van der Waals surface area contributed by atoms with Gasteiger partial charge in [-0.05, 0) is 29.7 Å². The molecule has 0 saturated heterocycles. The summed E-state index contributed by atoms with van der Waals surface area (Å²) in [5, 5.41) is 13.2. The predicted molar refractivity (Wildman–Crippen MR) is 80.6 cm³/mol. The molecule has 5 heteroatoms. The van der Waals surface area contributed by atoms with Crippen molar-refractivity contribution in [2.45, 2.75) is 0 Å². The summed E-state index contributed by atoms with van der Waals surface area (Å²) in [6.45, 7) is 0. The summed E-state index contributed by atoms with van der Waals surface area (Å²) >= 11 is 0. The molecule has 1 amide bonds. The molecule has 0 aliphatic heterocycles. The third-order valence-electron chi connectivity index (χ3n) is 3.10. The van der Waals surface area contributed by atoms with Gasteiger partial charge in [0.25, 0.3) is 11.5 Å². The van der Waals surface area contributed by atoms with E-state index >= 15 is 0 Å². The highest BCUT2D eigenvalue weighted by molar-refractivity contribution is 6.04. The second-order valence-corrected chi connectivity index (χ2v) is 4.60. The van der Waals surface area contributed by atoms with Crippen molar-refractivity contribution in [1.82, 2.24) is 4.98 Å². The van der Waals surface area contributed by atoms with Crippen LogP contribution in [-0.2, 0) is 0 Å². The number of carbonyl (C=O) groups excluding carboxylic acids is 1. The summed E-state index contributed by atoms with van der Waals surface area (Å²) in [5.74, 6) is -0.386. The number of phenolic OH excluding ortho intramolecular Hbond substituents is 1. The highest BCUT2D eigenvalue weighted by Crippen LogP contribution is 2.16. The van der Waals surface area contributed by atoms with Crippen LogP contribution in [0.3, 0.4) is 0 Å². The second-order valence-electron chi connectivity index (χ2n) is 4.60. The van der Waals surface area contributed by atoms with Gasteiger partial charge in [0, 0.05) is 17.1 Å². The van der Waals surface area contributed by atoms with Crippen LogP contribution < -0.4 is 10.9 Å². The Labute approximate surface area is 119 Å². The van der Waals surface area contributed by atoms with Crippen LogP contribution >= 0.6 is 0 Å². The van der Waals surface area contributed by atoms with Crippen molar-refractivity contribution in [2.24, 2.45) is 0 Å². The van der Waals surface area contributed by atoms with Gasteiger partial charge in [0.15, 0.2) is 0 Å². The van der Waals surface area contributed by atoms with Crippen LogP contribution in [0.15, 0.2) is 59.4 Å². The monoisotopic (exact) mass is 280 g/mol. The predicted octanol–water partition coefficient (Wildman–Crippen LogP) is 2.49. The van der Waals surface area contributed by atoms with Crippen molar-refractivity contribution in [2.75, 3.05) is 5.32 Å². The van der Waals surface area contributed by atoms with Gasteiger partial charge >= 0.3 is 0 Å². The molecule has 3 aromatic rings. The number of phenols is 1. The minimum atomic E-state index is -0.441. The zero-order valence-electron chi connectivity index (χ0n) is 11.0. The molecule has 104 valence electrons. The Bertz CT molecular complexity index is 884. The lowest BCUT2D eigenvalue weighted by molar-refractivity contribution is 0.102. The Balaban J connectivity index is 1.96. The lowest BCUT2D eigenvalue weighted by Gasteiger charge is -2.06. The van der Waals surface area contributed by atoms with Gasteiger partial charge < -0.3 is 15.4 Å². The van der Waals surface area contributed by atoms with Crippen LogP contribution in [-0.4, -0.2) is 16.0 Å². The fourth-order valence-corrected chi connectivity index (χ4v) is 2.12. The van der Waals surface area contributed by atoms with E-state index in [9.17, 15) is 14.7 Å². The number of hydrogen-bond acceptors (Lipinski definition) is 3. The maximum absolute atomic E-state index is 12.2. The molecule has 0 saturated carbocycles. The zero-order valence-corrected chi connectivity index (χ0v) is 11.0. The molecule has 3 N–H and O–H groups in total. The zero-order chi connectivity index (χ0) is 14.8. The molecule has 1 aromatic heterocycles. The van der Waals surface area contributed by atoms with Crippen LogP contribution in [0.1, 0.15) is 10.5 Å². The number of amides is 1. The van der Waals surface area contributed by atoms with Crippen LogP contribution in [0.5, 0.6) is 5.75 Å². The van der Waals surface area contributed by atoms with E-state index in [1.165, 1.54) is 12.1 Å². The summed E-state index contributed by atoms with van der Waals surface area (Å²) in [5.41, 5.74) is 0.310. The molecule has 0 radical (unpaired) electrons. The molecular formula is C16H12N2O3. The minimum absolute atomic E-state index is 0.0554. The average molecular weight is 280 g/mol. The summed E-state index contributed by atoms with van der Waals surface area (Å²) in [7, 11) is 0. The smallest absolute Gasteiger partial charge is 0.272 e. The van der Waals surface area contributed by atoms with Gasteiger partial charge in [0.1, 0.15) is 11.4 Å². The average Bonchev–Trinajstić information content (AvgIpc) is 2.47. The van der Waals surface area contributed by atoms with E-state index in [0.717, 1.165) is 0 Å². The van der Waals surface area contributed by atoms with Crippen molar-refractivity contribution in [3.63, 3.8) is 0 Å². The first-order chi connectivity index (χ1) is 10.1. The lowest BCUT2D eigenvalue weighted by Crippen LogP contribution is -2.18. The Morgan fingerprint density at radius 1 is 1.05 bits per heavy atom. The Morgan fingerprint density at radius 3 is 2.67 bits per heavy atom.